The first kappa shape index (κ1) is 15.6. The molecular formula is C17H26N2O3. The summed E-state index contributed by atoms with van der Waals surface area (Å²) in [5, 5.41) is 3.03. The van der Waals surface area contributed by atoms with Gasteiger partial charge in [0.25, 0.3) is 0 Å². The van der Waals surface area contributed by atoms with Crippen LogP contribution >= 0.6 is 0 Å². The van der Waals surface area contributed by atoms with Crippen molar-refractivity contribution in [3.05, 3.63) is 24.2 Å². The van der Waals surface area contributed by atoms with Gasteiger partial charge in [-0.1, -0.05) is 13.8 Å². The van der Waals surface area contributed by atoms with E-state index in [1.807, 2.05) is 12.1 Å². The van der Waals surface area contributed by atoms with Crippen molar-refractivity contribution >= 4 is 5.91 Å². The number of amides is 1. The van der Waals surface area contributed by atoms with Crippen LogP contribution in [-0.4, -0.2) is 43.2 Å². The number of likely N-dealkylation sites (tertiary alicyclic amines) is 1. The number of nitrogens with zero attached hydrogens (tertiary/aromatic N) is 1. The van der Waals surface area contributed by atoms with Gasteiger partial charge in [0.15, 0.2) is 0 Å². The molecule has 0 radical (unpaired) electrons. The zero-order chi connectivity index (χ0) is 15.5. The molecular weight excluding hydrogens is 280 g/mol. The molecule has 1 aromatic heterocycles. The van der Waals surface area contributed by atoms with Gasteiger partial charge in [-0.3, -0.25) is 9.69 Å². The Morgan fingerprint density at radius 2 is 2.32 bits per heavy atom. The van der Waals surface area contributed by atoms with Gasteiger partial charge in [0.1, 0.15) is 5.76 Å². The Morgan fingerprint density at radius 1 is 1.45 bits per heavy atom. The standard InChI is InChI=1S/C17H26N2O3/c1-12(2)9-19-10-15(14-5-7-22-16(14)11-19)17(20)18-8-13-4-3-6-21-13/h3-4,6,12,14-16H,5,7-11H2,1-2H3,(H,18,20)/t14-,15-,16+/m0/s1. The second kappa shape index (κ2) is 6.84. The summed E-state index contributed by atoms with van der Waals surface area (Å²) in [4.78, 5) is 15.0. The van der Waals surface area contributed by atoms with E-state index in [-0.39, 0.29) is 17.9 Å². The molecule has 3 heterocycles. The van der Waals surface area contributed by atoms with Crippen molar-refractivity contribution in [1.29, 1.82) is 0 Å². The second-order valence-corrected chi connectivity index (χ2v) is 6.88. The monoisotopic (exact) mass is 306 g/mol. The first-order valence-corrected chi connectivity index (χ1v) is 8.27. The number of ether oxygens (including phenoxy) is 1. The molecule has 5 heteroatoms. The predicted octanol–water partition coefficient (Wildman–Crippen LogP) is 1.89. The molecule has 2 aliphatic rings. The zero-order valence-corrected chi connectivity index (χ0v) is 13.5. The summed E-state index contributed by atoms with van der Waals surface area (Å²) in [6.07, 6.45) is 2.85. The third-order valence-corrected chi connectivity index (χ3v) is 4.65. The van der Waals surface area contributed by atoms with Crippen molar-refractivity contribution in [1.82, 2.24) is 10.2 Å². The lowest BCUT2D eigenvalue weighted by Crippen LogP contribution is -2.53. The minimum absolute atomic E-state index is 0.0231. The largest absolute Gasteiger partial charge is 0.467 e. The lowest BCUT2D eigenvalue weighted by Gasteiger charge is -2.40. The molecule has 1 amide bonds. The average molecular weight is 306 g/mol. The van der Waals surface area contributed by atoms with E-state index in [0.717, 1.165) is 38.4 Å². The molecule has 1 N–H and O–H groups in total. The molecule has 0 aromatic carbocycles. The fourth-order valence-electron chi connectivity index (χ4n) is 3.72. The Hall–Kier alpha value is -1.33. The summed E-state index contributed by atoms with van der Waals surface area (Å²) in [6, 6.07) is 3.72. The van der Waals surface area contributed by atoms with Gasteiger partial charge in [0.05, 0.1) is 24.8 Å². The lowest BCUT2D eigenvalue weighted by molar-refractivity contribution is -0.131. The fourth-order valence-corrected chi connectivity index (χ4v) is 3.72. The summed E-state index contributed by atoms with van der Waals surface area (Å²) in [6.45, 7) is 8.50. The number of furan rings is 1. The van der Waals surface area contributed by atoms with Gasteiger partial charge in [-0.25, -0.2) is 0 Å². The quantitative estimate of drug-likeness (QED) is 0.902. The Balaban J connectivity index is 1.62. The van der Waals surface area contributed by atoms with Crippen molar-refractivity contribution in [3.8, 4) is 0 Å². The van der Waals surface area contributed by atoms with E-state index in [0.29, 0.717) is 18.4 Å². The number of hydrogen-bond donors (Lipinski definition) is 1. The van der Waals surface area contributed by atoms with Crippen LogP contribution in [0, 0.1) is 17.8 Å². The van der Waals surface area contributed by atoms with Gasteiger partial charge in [0, 0.05) is 32.2 Å². The molecule has 0 unspecified atom stereocenters. The topological polar surface area (TPSA) is 54.7 Å². The highest BCUT2D eigenvalue weighted by molar-refractivity contribution is 5.79. The molecule has 3 rings (SSSR count). The molecule has 1 aromatic rings. The van der Waals surface area contributed by atoms with Crippen LogP contribution in [0.2, 0.25) is 0 Å². The minimum atomic E-state index is 0.0231. The van der Waals surface area contributed by atoms with Gasteiger partial charge in [0.2, 0.25) is 5.91 Å². The molecule has 2 saturated heterocycles. The van der Waals surface area contributed by atoms with Crippen molar-refractivity contribution in [2.45, 2.75) is 32.9 Å². The van der Waals surface area contributed by atoms with Crippen LogP contribution < -0.4 is 5.32 Å². The van der Waals surface area contributed by atoms with Gasteiger partial charge in [-0.2, -0.15) is 0 Å². The van der Waals surface area contributed by atoms with Crippen LogP contribution in [-0.2, 0) is 16.1 Å². The summed E-state index contributed by atoms with van der Waals surface area (Å²) < 4.78 is 11.1. The van der Waals surface area contributed by atoms with E-state index in [4.69, 9.17) is 9.15 Å². The van der Waals surface area contributed by atoms with E-state index in [9.17, 15) is 4.79 Å². The number of nitrogens with one attached hydrogen (secondary N) is 1. The predicted molar refractivity (Wildman–Crippen MR) is 83.2 cm³/mol. The van der Waals surface area contributed by atoms with Crippen LogP contribution in [0.5, 0.6) is 0 Å². The van der Waals surface area contributed by atoms with Crippen molar-refractivity contribution in [2.24, 2.45) is 17.8 Å². The molecule has 2 fully saturated rings. The third-order valence-electron chi connectivity index (χ3n) is 4.65. The molecule has 2 aliphatic heterocycles. The number of piperidine rings is 1. The minimum Gasteiger partial charge on any atom is -0.467 e. The van der Waals surface area contributed by atoms with E-state index in [1.165, 1.54) is 0 Å². The van der Waals surface area contributed by atoms with Gasteiger partial charge in [-0.05, 0) is 24.5 Å². The van der Waals surface area contributed by atoms with E-state index in [1.54, 1.807) is 6.26 Å². The van der Waals surface area contributed by atoms with Crippen LogP contribution in [0.25, 0.3) is 0 Å². The lowest BCUT2D eigenvalue weighted by atomic mass is 9.82. The van der Waals surface area contributed by atoms with Crippen LogP contribution in [0.15, 0.2) is 22.8 Å². The molecule has 122 valence electrons. The number of rotatable bonds is 5. The Morgan fingerprint density at radius 3 is 3.05 bits per heavy atom. The normalized spacial score (nSPS) is 28.8. The number of fused-ring (bicyclic) bond motifs is 1. The Kier molecular flexibility index (Phi) is 4.84. The van der Waals surface area contributed by atoms with E-state index < -0.39 is 0 Å². The summed E-state index contributed by atoms with van der Waals surface area (Å²) in [5.74, 6) is 1.91. The van der Waals surface area contributed by atoms with Gasteiger partial charge >= 0.3 is 0 Å². The van der Waals surface area contributed by atoms with Crippen molar-refractivity contribution in [2.75, 3.05) is 26.2 Å². The molecule has 3 atom stereocenters. The van der Waals surface area contributed by atoms with Crippen LogP contribution in [0.4, 0.5) is 0 Å². The highest BCUT2D eigenvalue weighted by Gasteiger charge is 2.43. The molecule has 0 spiro atoms. The fraction of sp³-hybridized carbons (Fsp3) is 0.706. The molecule has 5 nitrogen and oxygen atoms in total. The maximum Gasteiger partial charge on any atom is 0.225 e. The Bertz CT molecular complexity index is 486. The maximum atomic E-state index is 12.6. The smallest absolute Gasteiger partial charge is 0.225 e. The van der Waals surface area contributed by atoms with E-state index in [2.05, 4.69) is 24.1 Å². The Labute approximate surface area is 132 Å². The number of carbonyl (C=O) groups is 1. The first-order chi connectivity index (χ1) is 10.6. The van der Waals surface area contributed by atoms with E-state index >= 15 is 0 Å². The number of hydrogen-bond acceptors (Lipinski definition) is 4. The first-order valence-electron chi connectivity index (χ1n) is 8.27. The van der Waals surface area contributed by atoms with Crippen molar-refractivity contribution < 1.29 is 13.9 Å². The third kappa shape index (κ3) is 3.52. The van der Waals surface area contributed by atoms with Gasteiger partial charge in [-0.15, -0.1) is 0 Å². The summed E-state index contributed by atoms with van der Waals surface area (Å²) in [5.41, 5.74) is 0. The van der Waals surface area contributed by atoms with Crippen LogP contribution in [0.1, 0.15) is 26.0 Å². The average Bonchev–Trinajstić information content (AvgIpc) is 3.14. The van der Waals surface area contributed by atoms with Gasteiger partial charge < -0.3 is 14.5 Å². The maximum absolute atomic E-state index is 12.6. The molecule has 0 saturated carbocycles. The molecule has 0 aliphatic carbocycles. The second-order valence-electron chi connectivity index (χ2n) is 6.88. The highest BCUT2D eigenvalue weighted by Crippen LogP contribution is 2.34. The summed E-state index contributed by atoms with van der Waals surface area (Å²) in [7, 11) is 0. The molecule has 22 heavy (non-hydrogen) atoms. The number of carbonyl (C=O) groups excluding carboxylic acids is 1. The highest BCUT2D eigenvalue weighted by atomic mass is 16.5. The summed E-state index contributed by atoms with van der Waals surface area (Å²) >= 11 is 0. The van der Waals surface area contributed by atoms with Crippen LogP contribution in [0.3, 0.4) is 0 Å². The molecule has 0 bridgehead atoms. The zero-order valence-electron chi connectivity index (χ0n) is 13.5. The SMILES string of the molecule is CC(C)CN1C[C@H](C(=O)NCc2ccco2)[C@@H]2CCO[C@@H]2C1. The van der Waals surface area contributed by atoms with Crippen molar-refractivity contribution in [3.63, 3.8) is 0 Å².